The first-order valence-corrected chi connectivity index (χ1v) is 6.63. The van der Waals surface area contributed by atoms with Gasteiger partial charge in [0.05, 0.1) is 19.9 Å². The fourth-order valence-corrected chi connectivity index (χ4v) is 2.11. The highest BCUT2D eigenvalue weighted by molar-refractivity contribution is 5.77. The van der Waals surface area contributed by atoms with Gasteiger partial charge >= 0.3 is 0 Å². The van der Waals surface area contributed by atoms with Crippen molar-refractivity contribution < 1.29 is 14.6 Å². The molecule has 5 heteroatoms. The zero-order valence-corrected chi connectivity index (χ0v) is 11.2. The Morgan fingerprint density at radius 1 is 1.53 bits per heavy atom. The van der Waals surface area contributed by atoms with Crippen LogP contribution in [0.5, 0.6) is 5.75 Å². The van der Waals surface area contributed by atoms with Gasteiger partial charge in [0.2, 0.25) is 5.91 Å². The molecule has 0 spiro atoms. The molecule has 0 atom stereocenters. The summed E-state index contributed by atoms with van der Waals surface area (Å²) in [7, 11) is 1.60. The van der Waals surface area contributed by atoms with Gasteiger partial charge in [0.25, 0.3) is 0 Å². The molecule has 1 saturated carbocycles. The molecule has 104 valence electrons. The summed E-state index contributed by atoms with van der Waals surface area (Å²) in [6.45, 7) is 0.475. The number of ether oxygens (including phenoxy) is 1. The number of hydrogen-bond donors (Lipinski definition) is 1. The average molecular weight is 264 g/mol. The van der Waals surface area contributed by atoms with E-state index >= 15 is 0 Å². The third-order valence-electron chi connectivity index (χ3n) is 3.28. The van der Waals surface area contributed by atoms with Crippen LogP contribution in [0, 0.1) is 0 Å². The third-order valence-corrected chi connectivity index (χ3v) is 3.28. The molecule has 2 rings (SSSR count). The smallest absolute Gasteiger partial charge is 0.223 e. The van der Waals surface area contributed by atoms with Gasteiger partial charge in [-0.15, -0.1) is 0 Å². The Hall–Kier alpha value is -1.62. The largest absolute Gasteiger partial charge is 0.495 e. The quantitative estimate of drug-likeness (QED) is 0.798. The minimum Gasteiger partial charge on any atom is -0.495 e. The highest BCUT2D eigenvalue weighted by Crippen LogP contribution is 2.27. The molecular formula is C14H20N2O3. The molecule has 1 aromatic rings. The van der Waals surface area contributed by atoms with E-state index in [1.165, 1.54) is 0 Å². The summed E-state index contributed by atoms with van der Waals surface area (Å²) in [6, 6.07) is 2.25. The molecule has 19 heavy (non-hydrogen) atoms. The van der Waals surface area contributed by atoms with Gasteiger partial charge < -0.3 is 14.7 Å². The summed E-state index contributed by atoms with van der Waals surface area (Å²) in [4.78, 5) is 18.0. The Balaban J connectivity index is 1.87. The summed E-state index contributed by atoms with van der Waals surface area (Å²) in [6.07, 6.45) is 6.62. The minimum absolute atomic E-state index is 0.0307. The molecule has 0 aromatic carbocycles. The van der Waals surface area contributed by atoms with E-state index < -0.39 is 0 Å². The summed E-state index contributed by atoms with van der Waals surface area (Å²) in [5.74, 6) is 0.818. The van der Waals surface area contributed by atoms with Gasteiger partial charge in [-0.05, 0) is 30.9 Å². The van der Waals surface area contributed by atoms with Crippen molar-refractivity contribution >= 4 is 5.91 Å². The van der Waals surface area contributed by atoms with Crippen LogP contribution in [0.4, 0.5) is 0 Å². The van der Waals surface area contributed by atoms with Crippen molar-refractivity contribution in [2.45, 2.75) is 31.7 Å². The predicted molar refractivity (Wildman–Crippen MR) is 70.9 cm³/mol. The standard InChI is InChI=1S/C14H20N2O3/c1-19-13-8-11(9-15-10-13)2-5-14(18)16(6-7-17)12-3-4-12/h8-10,12,17H,2-7H2,1H3. The van der Waals surface area contributed by atoms with Crippen molar-refractivity contribution in [1.82, 2.24) is 9.88 Å². The molecular weight excluding hydrogens is 244 g/mol. The SMILES string of the molecule is COc1cncc(CCC(=O)N(CCO)C2CC2)c1. The summed E-state index contributed by atoms with van der Waals surface area (Å²) in [5, 5.41) is 9.00. The molecule has 0 unspecified atom stereocenters. The topological polar surface area (TPSA) is 62.7 Å². The van der Waals surface area contributed by atoms with Gasteiger partial charge in [-0.25, -0.2) is 0 Å². The fraction of sp³-hybridized carbons (Fsp3) is 0.571. The lowest BCUT2D eigenvalue weighted by Crippen LogP contribution is -2.35. The predicted octanol–water partition coefficient (Wildman–Crippen LogP) is 1.01. The van der Waals surface area contributed by atoms with Crippen molar-refractivity contribution in [3.63, 3.8) is 0 Å². The molecule has 1 N–H and O–H groups in total. The molecule has 1 aliphatic rings. The Labute approximate surface area is 113 Å². The zero-order valence-electron chi connectivity index (χ0n) is 11.2. The zero-order chi connectivity index (χ0) is 13.7. The summed E-state index contributed by atoms with van der Waals surface area (Å²) in [5.41, 5.74) is 0.993. The maximum Gasteiger partial charge on any atom is 0.223 e. The van der Waals surface area contributed by atoms with E-state index in [9.17, 15) is 4.79 Å². The number of carbonyl (C=O) groups excluding carboxylic acids is 1. The first kappa shape index (κ1) is 13.8. The first-order chi connectivity index (χ1) is 9.24. The normalized spacial score (nSPS) is 14.2. The molecule has 0 radical (unpaired) electrons. The highest BCUT2D eigenvalue weighted by atomic mass is 16.5. The monoisotopic (exact) mass is 264 g/mol. The van der Waals surface area contributed by atoms with E-state index in [-0.39, 0.29) is 12.5 Å². The van der Waals surface area contributed by atoms with Crippen LogP contribution in [-0.2, 0) is 11.2 Å². The van der Waals surface area contributed by atoms with Crippen LogP contribution in [0.2, 0.25) is 0 Å². The van der Waals surface area contributed by atoms with Gasteiger partial charge in [0.15, 0.2) is 0 Å². The molecule has 1 aromatic heterocycles. The van der Waals surface area contributed by atoms with Crippen LogP contribution in [0.3, 0.4) is 0 Å². The van der Waals surface area contributed by atoms with E-state index in [0.29, 0.717) is 31.2 Å². The maximum atomic E-state index is 12.1. The van der Waals surface area contributed by atoms with Crippen molar-refractivity contribution in [3.8, 4) is 5.75 Å². The number of aromatic nitrogens is 1. The number of carbonyl (C=O) groups is 1. The second-order valence-corrected chi connectivity index (χ2v) is 4.77. The molecule has 1 fully saturated rings. The number of methoxy groups -OCH3 is 1. The number of rotatable bonds is 7. The van der Waals surface area contributed by atoms with Crippen LogP contribution in [0.15, 0.2) is 18.5 Å². The number of aliphatic hydroxyl groups excluding tert-OH is 1. The van der Waals surface area contributed by atoms with Gasteiger partial charge in [-0.3, -0.25) is 9.78 Å². The highest BCUT2D eigenvalue weighted by Gasteiger charge is 2.31. The van der Waals surface area contributed by atoms with Gasteiger partial charge in [-0.1, -0.05) is 0 Å². The van der Waals surface area contributed by atoms with Gasteiger partial charge in [0, 0.05) is 25.2 Å². The fourth-order valence-electron chi connectivity index (χ4n) is 2.11. The average Bonchev–Trinajstić information content (AvgIpc) is 3.27. The van der Waals surface area contributed by atoms with Crippen molar-refractivity contribution in [3.05, 3.63) is 24.0 Å². The third kappa shape index (κ3) is 3.92. The van der Waals surface area contributed by atoms with Crippen LogP contribution < -0.4 is 4.74 Å². The second-order valence-electron chi connectivity index (χ2n) is 4.77. The molecule has 0 saturated heterocycles. The van der Waals surface area contributed by atoms with Crippen LogP contribution in [-0.4, -0.2) is 47.2 Å². The summed E-state index contributed by atoms with van der Waals surface area (Å²) < 4.78 is 5.10. The number of hydrogen-bond acceptors (Lipinski definition) is 4. The number of aryl methyl sites for hydroxylation is 1. The van der Waals surface area contributed by atoms with E-state index in [1.54, 1.807) is 24.4 Å². The molecule has 1 amide bonds. The van der Waals surface area contributed by atoms with Crippen LogP contribution in [0.1, 0.15) is 24.8 Å². The molecule has 5 nitrogen and oxygen atoms in total. The number of nitrogens with zero attached hydrogens (tertiary/aromatic N) is 2. The van der Waals surface area contributed by atoms with Crippen LogP contribution in [0.25, 0.3) is 0 Å². The molecule has 1 aliphatic carbocycles. The minimum atomic E-state index is 0.0307. The van der Waals surface area contributed by atoms with Crippen LogP contribution >= 0.6 is 0 Å². The lowest BCUT2D eigenvalue weighted by Gasteiger charge is -2.21. The Morgan fingerprint density at radius 2 is 2.32 bits per heavy atom. The van der Waals surface area contributed by atoms with E-state index in [0.717, 1.165) is 18.4 Å². The Bertz CT molecular complexity index is 432. The summed E-state index contributed by atoms with van der Waals surface area (Å²) >= 11 is 0. The van der Waals surface area contributed by atoms with E-state index in [2.05, 4.69) is 4.98 Å². The maximum absolute atomic E-state index is 12.1. The first-order valence-electron chi connectivity index (χ1n) is 6.63. The number of amides is 1. The molecule has 0 bridgehead atoms. The molecule has 1 heterocycles. The van der Waals surface area contributed by atoms with E-state index in [4.69, 9.17) is 9.84 Å². The lowest BCUT2D eigenvalue weighted by atomic mass is 10.1. The van der Waals surface area contributed by atoms with Gasteiger partial charge in [0.1, 0.15) is 5.75 Å². The lowest BCUT2D eigenvalue weighted by molar-refractivity contribution is -0.132. The number of aliphatic hydroxyl groups is 1. The van der Waals surface area contributed by atoms with Gasteiger partial charge in [-0.2, -0.15) is 0 Å². The Morgan fingerprint density at radius 3 is 2.95 bits per heavy atom. The molecule has 0 aliphatic heterocycles. The van der Waals surface area contributed by atoms with Crippen molar-refractivity contribution in [2.75, 3.05) is 20.3 Å². The van der Waals surface area contributed by atoms with Crippen molar-refractivity contribution in [1.29, 1.82) is 0 Å². The Kier molecular flexibility index (Phi) is 4.74. The number of pyridine rings is 1. The van der Waals surface area contributed by atoms with E-state index in [1.807, 2.05) is 6.07 Å². The van der Waals surface area contributed by atoms with Crippen molar-refractivity contribution in [2.24, 2.45) is 0 Å². The second kappa shape index (κ2) is 6.52.